The van der Waals surface area contributed by atoms with Crippen LogP contribution in [-0.4, -0.2) is 83.2 Å². The topological polar surface area (TPSA) is 173 Å². The molecule has 1 aromatic carbocycles. The molecular formula is C35H47N5O8S. The number of fused-ring (bicyclic) bond motifs is 1. The maximum Gasteiger partial charge on any atom is 0.408 e. The van der Waals surface area contributed by atoms with Crippen molar-refractivity contribution >= 4 is 44.6 Å². The molecule has 5 atom stereocenters. The van der Waals surface area contributed by atoms with Gasteiger partial charge in [-0.3, -0.25) is 19.1 Å². The second-order valence-corrected chi connectivity index (χ2v) is 17.4. The summed E-state index contributed by atoms with van der Waals surface area (Å²) in [7, 11) is -3.89. The van der Waals surface area contributed by atoms with Gasteiger partial charge in [0.15, 0.2) is 0 Å². The third-order valence-electron chi connectivity index (χ3n) is 9.14. The van der Waals surface area contributed by atoms with Gasteiger partial charge in [-0.1, -0.05) is 39.0 Å². The highest BCUT2D eigenvalue weighted by Crippen LogP contribution is 2.45. The third kappa shape index (κ3) is 7.84. The summed E-state index contributed by atoms with van der Waals surface area (Å²) in [5.74, 6) is -2.21. The summed E-state index contributed by atoms with van der Waals surface area (Å²) in [6, 6.07) is 5.40. The van der Waals surface area contributed by atoms with Crippen LogP contribution in [0, 0.1) is 18.3 Å². The number of pyridine rings is 1. The van der Waals surface area contributed by atoms with E-state index in [1.165, 1.54) is 11.0 Å². The Labute approximate surface area is 287 Å². The highest BCUT2D eigenvalue weighted by Gasteiger charge is 2.62. The minimum absolute atomic E-state index is 0.0243. The largest absolute Gasteiger partial charge is 0.472 e. The van der Waals surface area contributed by atoms with Crippen LogP contribution in [0.4, 0.5) is 4.79 Å². The lowest BCUT2D eigenvalue weighted by atomic mass is 9.85. The van der Waals surface area contributed by atoms with Gasteiger partial charge in [0.1, 0.15) is 29.3 Å². The van der Waals surface area contributed by atoms with E-state index in [4.69, 9.17) is 9.47 Å². The van der Waals surface area contributed by atoms with Gasteiger partial charge in [0.05, 0.1) is 11.8 Å². The number of sulfonamides is 1. The molecule has 4 amide bonds. The van der Waals surface area contributed by atoms with E-state index in [2.05, 4.69) is 26.9 Å². The fourth-order valence-corrected chi connectivity index (χ4v) is 7.59. The molecule has 0 bridgehead atoms. The first kappa shape index (κ1) is 36.1. The van der Waals surface area contributed by atoms with Gasteiger partial charge in [-0.15, -0.1) is 6.58 Å². The number of alkyl carbamates (subject to hydrolysis) is 1. The number of rotatable bonds is 10. The number of amides is 4. The summed E-state index contributed by atoms with van der Waals surface area (Å²) in [6.07, 6.45) is 2.78. The quantitative estimate of drug-likeness (QED) is 0.314. The summed E-state index contributed by atoms with van der Waals surface area (Å²) in [4.78, 5) is 60.7. The van der Waals surface area contributed by atoms with Gasteiger partial charge in [-0.05, 0) is 75.5 Å². The van der Waals surface area contributed by atoms with Gasteiger partial charge in [-0.2, -0.15) is 0 Å². The Bertz CT molecular complexity index is 1780. The molecule has 49 heavy (non-hydrogen) atoms. The average Bonchev–Trinajstić information content (AvgIpc) is 3.91. The average molecular weight is 698 g/mol. The van der Waals surface area contributed by atoms with E-state index in [-0.39, 0.29) is 19.4 Å². The molecule has 1 unspecified atom stereocenters. The second kappa shape index (κ2) is 12.9. The van der Waals surface area contributed by atoms with Gasteiger partial charge in [0.2, 0.25) is 27.7 Å². The van der Waals surface area contributed by atoms with E-state index >= 15 is 0 Å². The molecule has 3 fully saturated rings. The Morgan fingerprint density at radius 1 is 1.08 bits per heavy atom. The zero-order valence-corrected chi connectivity index (χ0v) is 30.0. The van der Waals surface area contributed by atoms with Crippen molar-refractivity contribution in [2.75, 3.05) is 6.54 Å². The number of benzene rings is 1. The number of ether oxygens (including phenoxy) is 2. The number of carbonyl (C=O) groups excluding carboxylic acids is 4. The second-order valence-electron chi connectivity index (χ2n) is 15.4. The molecule has 1 aromatic heterocycles. The van der Waals surface area contributed by atoms with Crippen LogP contribution in [0.25, 0.3) is 10.8 Å². The summed E-state index contributed by atoms with van der Waals surface area (Å²) >= 11 is 0. The molecule has 0 spiro atoms. The number of carbonyl (C=O) groups is 4. The van der Waals surface area contributed by atoms with E-state index in [1.807, 2.05) is 31.2 Å². The predicted octanol–water partition coefficient (Wildman–Crippen LogP) is 3.50. The molecule has 2 aliphatic carbocycles. The maximum absolute atomic E-state index is 14.4. The molecule has 3 N–H and O–H groups in total. The first-order valence-corrected chi connectivity index (χ1v) is 18.1. The van der Waals surface area contributed by atoms with Crippen LogP contribution in [0.5, 0.6) is 5.88 Å². The Balaban J connectivity index is 1.44. The van der Waals surface area contributed by atoms with E-state index in [0.29, 0.717) is 18.7 Å². The van der Waals surface area contributed by atoms with Gasteiger partial charge in [0.25, 0.3) is 5.91 Å². The van der Waals surface area contributed by atoms with Crippen molar-refractivity contribution in [2.45, 2.75) is 109 Å². The summed E-state index contributed by atoms with van der Waals surface area (Å²) < 4.78 is 39.3. The lowest BCUT2D eigenvalue weighted by Crippen LogP contribution is -2.60. The maximum atomic E-state index is 14.4. The van der Waals surface area contributed by atoms with Gasteiger partial charge in [-0.25, -0.2) is 18.2 Å². The molecular weight excluding hydrogens is 650 g/mol. The van der Waals surface area contributed by atoms with E-state index < -0.39 is 79.7 Å². The molecule has 3 aliphatic rings. The summed E-state index contributed by atoms with van der Waals surface area (Å²) in [5.41, 5.74) is -2.13. The van der Waals surface area contributed by atoms with Crippen LogP contribution in [0.1, 0.15) is 72.8 Å². The van der Waals surface area contributed by atoms with Crippen molar-refractivity contribution in [2.24, 2.45) is 11.3 Å². The fraction of sp³-hybridized carbons (Fsp3) is 0.571. The van der Waals surface area contributed by atoms with Crippen LogP contribution in [0.2, 0.25) is 0 Å². The molecule has 1 aliphatic heterocycles. The van der Waals surface area contributed by atoms with Crippen molar-refractivity contribution < 1.29 is 37.1 Å². The van der Waals surface area contributed by atoms with Crippen molar-refractivity contribution in [1.29, 1.82) is 0 Å². The van der Waals surface area contributed by atoms with Gasteiger partial charge < -0.3 is 25.0 Å². The molecule has 2 saturated carbocycles. The smallest absolute Gasteiger partial charge is 0.408 e. The number of likely N-dealkylation sites (tertiary alicyclic amines) is 1. The van der Waals surface area contributed by atoms with Crippen LogP contribution in [-0.2, 0) is 29.1 Å². The highest BCUT2D eigenvalue weighted by atomic mass is 32.2. The number of hydrogen-bond acceptors (Lipinski definition) is 9. The van der Waals surface area contributed by atoms with E-state index in [0.717, 1.165) is 16.3 Å². The zero-order chi connectivity index (χ0) is 36.1. The van der Waals surface area contributed by atoms with Crippen LogP contribution >= 0.6 is 0 Å². The molecule has 13 nitrogen and oxygen atoms in total. The number of aryl methyl sites for hydroxylation is 1. The Morgan fingerprint density at radius 3 is 2.37 bits per heavy atom. The number of aromatic nitrogens is 1. The minimum atomic E-state index is -3.89. The van der Waals surface area contributed by atoms with Crippen molar-refractivity contribution in [3.8, 4) is 5.88 Å². The lowest BCUT2D eigenvalue weighted by Gasteiger charge is -2.36. The number of nitrogens with zero attached hydrogens (tertiary/aromatic N) is 2. The molecule has 14 heteroatoms. The van der Waals surface area contributed by atoms with Crippen molar-refractivity contribution in [3.63, 3.8) is 0 Å². The highest BCUT2D eigenvalue weighted by molar-refractivity contribution is 7.91. The Kier molecular flexibility index (Phi) is 9.52. The normalized spacial score (nSPS) is 24.5. The lowest BCUT2D eigenvalue weighted by molar-refractivity contribution is -0.143. The standard InChI is InChI=1S/C35H47N5O8S/c1-9-21-18-35(21,31(43)39-49(45,46)23-13-14-23)38-28(41)26-17-22(47-29-25-12-10-11-20(2)24(25)15-16-36-29)19-40(26)30(42)27(33(3,4)5)37-32(44)48-34(6,7)8/h9-12,15-16,21-23,26-27H,1,13-14,17-19H2,2-8H3,(H,37,44)(H,38,41)(H,39,43)/t21?,22-,26+,27-,35-/m1/s1. The predicted molar refractivity (Wildman–Crippen MR) is 183 cm³/mol. The molecule has 5 rings (SSSR count). The molecule has 266 valence electrons. The van der Waals surface area contributed by atoms with Crippen molar-refractivity contribution in [3.05, 3.63) is 48.7 Å². The van der Waals surface area contributed by atoms with E-state index in [1.54, 1.807) is 47.7 Å². The molecule has 2 heterocycles. The van der Waals surface area contributed by atoms with Crippen LogP contribution < -0.4 is 20.1 Å². The third-order valence-corrected chi connectivity index (χ3v) is 11.0. The first-order valence-electron chi connectivity index (χ1n) is 16.6. The molecule has 2 aromatic rings. The number of hydrogen-bond donors (Lipinski definition) is 3. The Hall–Kier alpha value is -4.20. The minimum Gasteiger partial charge on any atom is -0.472 e. The van der Waals surface area contributed by atoms with Crippen LogP contribution in [0.3, 0.4) is 0 Å². The van der Waals surface area contributed by atoms with Gasteiger partial charge in [0, 0.05) is 23.9 Å². The zero-order valence-electron chi connectivity index (χ0n) is 29.2. The monoisotopic (exact) mass is 697 g/mol. The fourth-order valence-electron chi connectivity index (χ4n) is 6.22. The molecule has 0 radical (unpaired) electrons. The van der Waals surface area contributed by atoms with Crippen molar-refractivity contribution in [1.82, 2.24) is 25.2 Å². The Morgan fingerprint density at radius 2 is 1.78 bits per heavy atom. The number of nitrogens with one attached hydrogen (secondary N) is 3. The van der Waals surface area contributed by atoms with E-state index in [9.17, 15) is 27.6 Å². The SMILES string of the molecule is C=CC1C[C@]1(NC(=O)[C@@H]1C[C@@H](Oc2nccc3c(C)cccc23)CN1C(=O)[C@@H](NC(=O)OC(C)(C)C)C(C)(C)C)C(=O)NS(=O)(=O)C1CC1. The molecule has 1 saturated heterocycles. The van der Waals surface area contributed by atoms with Gasteiger partial charge >= 0.3 is 6.09 Å². The first-order chi connectivity index (χ1) is 22.8. The summed E-state index contributed by atoms with van der Waals surface area (Å²) in [6.45, 7) is 16.2. The summed E-state index contributed by atoms with van der Waals surface area (Å²) in [5, 5.41) is 6.56. The van der Waals surface area contributed by atoms with Crippen LogP contribution in [0.15, 0.2) is 43.1 Å².